The Hall–Kier alpha value is -3.64. The number of rotatable bonds is 3. The summed E-state index contributed by atoms with van der Waals surface area (Å²) in [5, 5.41) is 17.5. The number of nitrogens with zero attached hydrogens (tertiary/aromatic N) is 3. The van der Waals surface area contributed by atoms with Gasteiger partial charge in [-0.2, -0.15) is 10.5 Å². The number of fused-ring (bicyclic) bond motifs is 1. The van der Waals surface area contributed by atoms with E-state index in [-0.39, 0.29) is 17.4 Å². The first-order valence-electron chi connectivity index (χ1n) is 7.21. The van der Waals surface area contributed by atoms with Gasteiger partial charge in [0.1, 0.15) is 29.2 Å². The summed E-state index contributed by atoms with van der Waals surface area (Å²) in [5.74, 6) is 0.234. The predicted octanol–water partition coefficient (Wildman–Crippen LogP) is 2.99. The molecule has 0 atom stereocenters. The number of benzene rings is 1. The van der Waals surface area contributed by atoms with Crippen LogP contribution in [0.3, 0.4) is 0 Å². The molecule has 0 bridgehead atoms. The molecule has 3 rings (SSSR count). The van der Waals surface area contributed by atoms with Gasteiger partial charge >= 0.3 is 0 Å². The van der Waals surface area contributed by atoms with E-state index in [1.54, 1.807) is 49.4 Å². The summed E-state index contributed by atoms with van der Waals surface area (Å²) in [4.78, 5) is 25.5. The maximum atomic E-state index is 12.2. The number of hydrogen-bond acceptors (Lipinski definition) is 5. The molecule has 6 heteroatoms. The van der Waals surface area contributed by atoms with Gasteiger partial charge in [0.15, 0.2) is 0 Å². The lowest BCUT2D eigenvalue weighted by atomic mass is 10.0. The van der Waals surface area contributed by atoms with Crippen molar-refractivity contribution in [3.05, 3.63) is 52.8 Å². The van der Waals surface area contributed by atoms with Gasteiger partial charge in [0.05, 0.1) is 11.1 Å². The van der Waals surface area contributed by atoms with Crippen molar-refractivity contribution < 1.29 is 14.0 Å². The van der Waals surface area contributed by atoms with E-state index < -0.39 is 0 Å². The minimum Gasteiger partial charge on any atom is -0.457 e. The zero-order chi connectivity index (χ0) is 17.3. The van der Waals surface area contributed by atoms with Gasteiger partial charge in [-0.3, -0.25) is 14.5 Å². The first kappa shape index (κ1) is 15.3. The Morgan fingerprint density at radius 3 is 2.50 bits per heavy atom. The van der Waals surface area contributed by atoms with Gasteiger partial charge in [0.25, 0.3) is 11.8 Å². The normalized spacial score (nSPS) is 12.5. The number of imide groups is 1. The van der Waals surface area contributed by atoms with Gasteiger partial charge in [0, 0.05) is 18.2 Å². The van der Waals surface area contributed by atoms with Gasteiger partial charge < -0.3 is 4.42 Å². The number of carbonyl (C=O) groups excluding carboxylic acids is 2. The second-order valence-electron chi connectivity index (χ2n) is 5.10. The van der Waals surface area contributed by atoms with Crippen molar-refractivity contribution in [3.8, 4) is 23.5 Å². The van der Waals surface area contributed by atoms with E-state index >= 15 is 0 Å². The van der Waals surface area contributed by atoms with E-state index in [1.165, 1.54) is 11.0 Å². The van der Waals surface area contributed by atoms with Gasteiger partial charge in [-0.25, -0.2) is 0 Å². The van der Waals surface area contributed by atoms with Crippen molar-refractivity contribution in [2.45, 2.75) is 6.92 Å². The van der Waals surface area contributed by atoms with Crippen molar-refractivity contribution in [2.24, 2.45) is 0 Å². The molecule has 0 radical (unpaired) electrons. The number of carbonyl (C=O) groups is 2. The molecule has 1 aliphatic rings. The highest BCUT2D eigenvalue weighted by atomic mass is 16.3. The van der Waals surface area contributed by atoms with Gasteiger partial charge in [-0.05, 0) is 31.2 Å². The Bertz CT molecular complexity index is 954. The smallest absolute Gasteiger partial charge is 0.261 e. The Labute approximate surface area is 137 Å². The molecule has 24 heavy (non-hydrogen) atoms. The van der Waals surface area contributed by atoms with Crippen LogP contribution < -0.4 is 0 Å². The lowest BCUT2D eigenvalue weighted by molar-refractivity contribution is 0.0663. The molecule has 6 nitrogen and oxygen atoms in total. The third-order valence-corrected chi connectivity index (χ3v) is 3.73. The fourth-order valence-electron chi connectivity index (χ4n) is 2.55. The minimum atomic E-state index is -0.317. The first-order chi connectivity index (χ1) is 11.6. The summed E-state index contributed by atoms with van der Waals surface area (Å²) in [6.45, 7) is 2.07. The topological polar surface area (TPSA) is 98.1 Å². The molecule has 0 saturated heterocycles. The van der Waals surface area contributed by atoms with E-state index in [2.05, 4.69) is 0 Å². The maximum Gasteiger partial charge on any atom is 0.261 e. The molecule has 1 aromatic heterocycles. The second kappa shape index (κ2) is 5.86. The lowest BCUT2D eigenvalue weighted by Gasteiger charge is -2.08. The Kier molecular flexibility index (Phi) is 3.73. The van der Waals surface area contributed by atoms with Crippen LogP contribution in [0.1, 0.15) is 33.4 Å². The average molecular weight is 317 g/mol. The number of allylic oxidation sites excluding steroid dienone is 1. The number of furan rings is 1. The minimum absolute atomic E-state index is 0.0655. The molecular weight excluding hydrogens is 306 g/mol. The molecule has 2 aromatic rings. The second-order valence-corrected chi connectivity index (χ2v) is 5.10. The summed E-state index contributed by atoms with van der Waals surface area (Å²) < 4.78 is 5.59. The van der Waals surface area contributed by atoms with E-state index in [0.29, 0.717) is 34.8 Å². The van der Waals surface area contributed by atoms with Crippen molar-refractivity contribution in [1.29, 1.82) is 10.5 Å². The summed E-state index contributed by atoms with van der Waals surface area (Å²) in [6.07, 6.45) is 1.34. The van der Waals surface area contributed by atoms with Crippen LogP contribution in [-0.4, -0.2) is 23.3 Å². The van der Waals surface area contributed by atoms with Crippen molar-refractivity contribution in [3.63, 3.8) is 0 Å². The van der Waals surface area contributed by atoms with Crippen LogP contribution in [-0.2, 0) is 0 Å². The monoisotopic (exact) mass is 317 g/mol. The van der Waals surface area contributed by atoms with Gasteiger partial charge in [-0.1, -0.05) is 6.07 Å². The van der Waals surface area contributed by atoms with Crippen LogP contribution in [0.15, 0.2) is 40.3 Å². The lowest BCUT2D eigenvalue weighted by Crippen LogP contribution is -2.29. The Balaban J connectivity index is 1.99. The van der Waals surface area contributed by atoms with E-state index in [0.717, 1.165) is 0 Å². The van der Waals surface area contributed by atoms with Gasteiger partial charge in [0.2, 0.25) is 0 Å². The molecule has 1 aliphatic heterocycles. The molecule has 2 amide bonds. The molecule has 116 valence electrons. The highest BCUT2D eigenvalue weighted by Gasteiger charge is 2.34. The summed E-state index contributed by atoms with van der Waals surface area (Å²) >= 11 is 0. The third kappa shape index (κ3) is 2.37. The molecule has 0 aliphatic carbocycles. The number of nitriles is 2. The first-order valence-corrected chi connectivity index (χ1v) is 7.21. The average Bonchev–Trinajstić information content (AvgIpc) is 3.16. The van der Waals surface area contributed by atoms with Crippen LogP contribution in [0.5, 0.6) is 0 Å². The zero-order valence-electron chi connectivity index (χ0n) is 12.7. The van der Waals surface area contributed by atoms with Crippen LogP contribution in [0.4, 0.5) is 0 Å². The van der Waals surface area contributed by atoms with E-state index in [4.69, 9.17) is 14.9 Å². The molecular formula is C18H11N3O3. The largest absolute Gasteiger partial charge is 0.457 e. The fourth-order valence-corrected chi connectivity index (χ4v) is 2.55. The molecule has 2 heterocycles. The summed E-state index contributed by atoms with van der Waals surface area (Å²) in [7, 11) is 0. The van der Waals surface area contributed by atoms with E-state index in [9.17, 15) is 9.59 Å². The molecule has 0 fully saturated rings. The molecule has 0 spiro atoms. The maximum absolute atomic E-state index is 12.2. The molecule has 0 saturated carbocycles. The van der Waals surface area contributed by atoms with Crippen LogP contribution in [0.2, 0.25) is 0 Å². The zero-order valence-corrected chi connectivity index (χ0v) is 12.7. The third-order valence-electron chi connectivity index (χ3n) is 3.73. The van der Waals surface area contributed by atoms with Crippen LogP contribution in [0.25, 0.3) is 17.4 Å². The van der Waals surface area contributed by atoms with Gasteiger partial charge in [-0.15, -0.1) is 0 Å². The standard InChI is InChI=1S/C18H11N3O3/c1-2-21-17(22)14-5-3-12(8-15(14)18(21)23)16-6-4-13(24-16)7-11(9-19)10-20/h3-8H,2H2,1H3. The highest BCUT2D eigenvalue weighted by Crippen LogP contribution is 2.29. The van der Waals surface area contributed by atoms with Crippen molar-refractivity contribution in [1.82, 2.24) is 4.90 Å². The summed E-state index contributed by atoms with van der Waals surface area (Å²) in [6, 6.07) is 11.7. The van der Waals surface area contributed by atoms with Crippen LogP contribution in [0, 0.1) is 22.7 Å². The molecule has 1 aromatic carbocycles. The summed E-state index contributed by atoms with van der Waals surface area (Å²) in [5.41, 5.74) is 1.31. The predicted molar refractivity (Wildman–Crippen MR) is 84.4 cm³/mol. The molecule has 0 N–H and O–H groups in total. The highest BCUT2D eigenvalue weighted by molar-refractivity contribution is 6.21. The van der Waals surface area contributed by atoms with Crippen molar-refractivity contribution in [2.75, 3.05) is 6.54 Å². The molecule has 0 unspecified atom stereocenters. The fraction of sp³-hybridized carbons (Fsp3) is 0.111. The Morgan fingerprint density at radius 1 is 1.12 bits per heavy atom. The Morgan fingerprint density at radius 2 is 1.83 bits per heavy atom. The number of hydrogen-bond donors (Lipinski definition) is 0. The SMILES string of the molecule is CCN1C(=O)c2ccc(-c3ccc(C=C(C#N)C#N)o3)cc2C1=O. The van der Waals surface area contributed by atoms with E-state index in [1.807, 2.05) is 0 Å². The van der Waals surface area contributed by atoms with Crippen LogP contribution >= 0.6 is 0 Å². The van der Waals surface area contributed by atoms with Crippen molar-refractivity contribution >= 4 is 17.9 Å². The quantitative estimate of drug-likeness (QED) is 0.640. The number of amides is 2.